The molecule has 0 aliphatic carbocycles. The second kappa shape index (κ2) is 9.71. The molecule has 1 heterocycles. The first kappa shape index (κ1) is 21.8. The molecule has 0 amide bonds. The lowest BCUT2D eigenvalue weighted by Crippen LogP contribution is -2.39. The summed E-state index contributed by atoms with van der Waals surface area (Å²) in [5.41, 5.74) is 1.96. The highest BCUT2D eigenvalue weighted by atomic mass is 16.5. The standard InChI is InChI=1S/C23H29NO6/c1-27-18-8-6-5-7-17(18)21(24-11-9-15(10-12-24)23(25)26)16-13-19(28-2)22(30-4)20(14-16)29-3/h5-8,13-15,21H,9-12H2,1-4H3,(H,25,26). The molecule has 7 heteroatoms. The summed E-state index contributed by atoms with van der Waals surface area (Å²) in [6.07, 6.45) is 1.21. The van der Waals surface area contributed by atoms with E-state index in [-0.39, 0.29) is 12.0 Å². The number of carboxylic acid groups (broad SMARTS) is 1. The highest BCUT2D eigenvalue weighted by Gasteiger charge is 2.32. The summed E-state index contributed by atoms with van der Waals surface area (Å²) in [7, 11) is 6.42. The number of rotatable bonds is 8. The summed E-state index contributed by atoms with van der Waals surface area (Å²) in [5.74, 6) is 1.43. The van der Waals surface area contributed by atoms with Gasteiger partial charge in [0.2, 0.25) is 5.75 Å². The van der Waals surface area contributed by atoms with Gasteiger partial charge in [-0.05, 0) is 49.7 Å². The topological polar surface area (TPSA) is 77.5 Å². The predicted molar refractivity (Wildman–Crippen MR) is 113 cm³/mol. The van der Waals surface area contributed by atoms with Crippen molar-refractivity contribution in [2.24, 2.45) is 5.92 Å². The summed E-state index contributed by atoms with van der Waals surface area (Å²) in [4.78, 5) is 13.7. The Hall–Kier alpha value is -2.93. The average Bonchev–Trinajstić information content (AvgIpc) is 2.79. The van der Waals surface area contributed by atoms with E-state index in [2.05, 4.69) is 4.90 Å². The Balaban J connectivity index is 2.10. The fraction of sp³-hybridized carbons (Fsp3) is 0.435. The Morgan fingerprint density at radius 3 is 2.00 bits per heavy atom. The summed E-state index contributed by atoms with van der Waals surface area (Å²) < 4.78 is 22.3. The molecule has 0 aromatic heterocycles. The van der Waals surface area contributed by atoms with Crippen LogP contribution in [0.15, 0.2) is 36.4 Å². The smallest absolute Gasteiger partial charge is 0.306 e. The summed E-state index contributed by atoms with van der Waals surface area (Å²) in [6.45, 7) is 1.33. The van der Waals surface area contributed by atoms with Gasteiger partial charge in [0.25, 0.3) is 0 Å². The molecule has 0 saturated carbocycles. The van der Waals surface area contributed by atoms with Crippen LogP contribution in [0, 0.1) is 5.92 Å². The van der Waals surface area contributed by atoms with Crippen molar-refractivity contribution < 1.29 is 28.8 Å². The minimum absolute atomic E-state index is 0.149. The fourth-order valence-electron chi connectivity index (χ4n) is 4.14. The Morgan fingerprint density at radius 1 is 0.933 bits per heavy atom. The molecule has 2 aromatic carbocycles. The number of hydrogen-bond donors (Lipinski definition) is 1. The zero-order chi connectivity index (χ0) is 21.7. The van der Waals surface area contributed by atoms with Crippen molar-refractivity contribution in [2.75, 3.05) is 41.5 Å². The average molecular weight is 415 g/mol. The van der Waals surface area contributed by atoms with Crippen molar-refractivity contribution in [1.29, 1.82) is 0 Å². The van der Waals surface area contributed by atoms with Crippen LogP contribution in [0.2, 0.25) is 0 Å². The van der Waals surface area contributed by atoms with Crippen LogP contribution in [-0.2, 0) is 4.79 Å². The van der Waals surface area contributed by atoms with Gasteiger partial charge in [-0.1, -0.05) is 18.2 Å². The second-order valence-corrected chi connectivity index (χ2v) is 7.25. The molecule has 0 bridgehead atoms. The Labute approximate surface area is 177 Å². The van der Waals surface area contributed by atoms with Crippen molar-refractivity contribution in [1.82, 2.24) is 4.90 Å². The van der Waals surface area contributed by atoms with E-state index in [1.54, 1.807) is 28.4 Å². The Bertz CT molecular complexity index is 851. The van der Waals surface area contributed by atoms with E-state index in [1.165, 1.54) is 0 Å². The molecular formula is C23H29NO6. The van der Waals surface area contributed by atoms with Gasteiger partial charge in [-0.15, -0.1) is 0 Å². The van der Waals surface area contributed by atoms with Gasteiger partial charge in [-0.25, -0.2) is 0 Å². The molecule has 7 nitrogen and oxygen atoms in total. The third-order valence-corrected chi connectivity index (χ3v) is 5.68. The normalized spacial score (nSPS) is 16.0. The lowest BCUT2D eigenvalue weighted by molar-refractivity contribution is -0.143. The van der Waals surface area contributed by atoms with Gasteiger partial charge in [0.15, 0.2) is 11.5 Å². The number of nitrogens with zero attached hydrogens (tertiary/aromatic N) is 1. The van der Waals surface area contributed by atoms with Crippen molar-refractivity contribution >= 4 is 5.97 Å². The van der Waals surface area contributed by atoms with E-state index >= 15 is 0 Å². The van der Waals surface area contributed by atoms with Crippen LogP contribution in [-0.4, -0.2) is 57.5 Å². The third-order valence-electron chi connectivity index (χ3n) is 5.68. The molecule has 1 atom stereocenters. The van der Waals surface area contributed by atoms with Crippen molar-refractivity contribution in [2.45, 2.75) is 18.9 Å². The number of hydrogen-bond acceptors (Lipinski definition) is 6. The molecule has 1 unspecified atom stereocenters. The monoisotopic (exact) mass is 415 g/mol. The maximum absolute atomic E-state index is 11.4. The maximum Gasteiger partial charge on any atom is 0.306 e. The van der Waals surface area contributed by atoms with Crippen LogP contribution in [0.1, 0.15) is 30.0 Å². The first-order chi connectivity index (χ1) is 14.5. The van der Waals surface area contributed by atoms with Crippen molar-refractivity contribution in [3.8, 4) is 23.0 Å². The number of methoxy groups -OCH3 is 4. The number of piperidine rings is 1. The van der Waals surface area contributed by atoms with Crippen LogP contribution in [0.3, 0.4) is 0 Å². The highest BCUT2D eigenvalue weighted by Crippen LogP contribution is 2.44. The van der Waals surface area contributed by atoms with Gasteiger partial charge in [0, 0.05) is 5.56 Å². The van der Waals surface area contributed by atoms with E-state index in [9.17, 15) is 9.90 Å². The number of likely N-dealkylation sites (tertiary alicyclic amines) is 1. The quantitative estimate of drug-likeness (QED) is 0.706. The first-order valence-electron chi connectivity index (χ1n) is 9.93. The summed E-state index contributed by atoms with van der Waals surface area (Å²) in [6, 6.07) is 11.6. The molecule has 1 fully saturated rings. The largest absolute Gasteiger partial charge is 0.496 e. The molecule has 3 rings (SSSR count). The number of para-hydroxylation sites is 1. The lowest BCUT2D eigenvalue weighted by atomic mass is 9.90. The van der Waals surface area contributed by atoms with E-state index in [0.29, 0.717) is 43.2 Å². The predicted octanol–water partition coefficient (Wildman–Crippen LogP) is 3.61. The lowest BCUT2D eigenvalue weighted by Gasteiger charge is -2.37. The number of carboxylic acids is 1. The van der Waals surface area contributed by atoms with Gasteiger partial charge >= 0.3 is 5.97 Å². The molecule has 162 valence electrons. The molecule has 2 aromatic rings. The summed E-state index contributed by atoms with van der Waals surface area (Å²) >= 11 is 0. The highest BCUT2D eigenvalue weighted by molar-refractivity contribution is 5.70. The van der Waals surface area contributed by atoms with E-state index in [0.717, 1.165) is 16.9 Å². The van der Waals surface area contributed by atoms with Gasteiger partial charge < -0.3 is 24.1 Å². The van der Waals surface area contributed by atoms with E-state index in [1.807, 2.05) is 36.4 Å². The molecule has 30 heavy (non-hydrogen) atoms. The zero-order valence-corrected chi connectivity index (χ0v) is 17.9. The minimum Gasteiger partial charge on any atom is -0.496 e. The third kappa shape index (κ3) is 4.31. The number of ether oxygens (including phenoxy) is 4. The zero-order valence-electron chi connectivity index (χ0n) is 17.9. The first-order valence-corrected chi connectivity index (χ1v) is 9.93. The Kier molecular flexibility index (Phi) is 7.05. The van der Waals surface area contributed by atoms with E-state index < -0.39 is 5.97 Å². The van der Waals surface area contributed by atoms with Gasteiger partial charge in [-0.3, -0.25) is 9.69 Å². The van der Waals surface area contributed by atoms with Gasteiger partial charge in [-0.2, -0.15) is 0 Å². The van der Waals surface area contributed by atoms with Crippen LogP contribution >= 0.6 is 0 Å². The molecule has 0 radical (unpaired) electrons. The molecule has 1 N–H and O–H groups in total. The van der Waals surface area contributed by atoms with Gasteiger partial charge in [0.1, 0.15) is 5.75 Å². The molecule has 0 spiro atoms. The number of benzene rings is 2. The molecule has 1 saturated heterocycles. The van der Waals surface area contributed by atoms with Crippen molar-refractivity contribution in [3.05, 3.63) is 47.5 Å². The van der Waals surface area contributed by atoms with Crippen LogP contribution in [0.4, 0.5) is 0 Å². The summed E-state index contributed by atoms with van der Waals surface area (Å²) in [5, 5.41) is 9.39. The second-order valence-electron chi connectivity index (χ2n) is 7.25. The van der Waals surface area contributed by atoms with Crippen LogP contribution < -0.4 is 18.9 Å². The molecule has 1 aliphatic heterocycles. The van der Waals surface area contributed by atoms with Gasteiger partial charge in [0.05, 0.1) is 40.4 Å². The molecule has 1 aliphatic rings. The van der Waals surface area contributed by atoms with Crippen LogP contribution in [0.25, 0.3) is 0 Å². The van der Waals surface area contributed by atoms with Crippen LogP contribution in [0.5, 0.6) is 23.0 Å². The van der Waals surface area contributed by atoms with E-state index in [4.69, 9.17) is 18.9 Å². The number of aliphatic carboxylic acids is 1. The fourth-order valence-corrected chi connectivity index (χ4v) is 4.14. The minimum atomic E-state index is -0.726. The maximum atomic E-state index is 11.4. The Morgan fingerprint density at radius 2 is 1.50 bits per heavy atom. The van der Waals surface area contributed by atoms with Crippen molar-refractivity contribution in [3.63, 3.8) is 0 Å². The number of carbonyl (C=O) groups is 1. The SMILES string of the molecule is COc1ccccc1C(c1cc(OC)c(OC)c(OC)c1)N1CCC(C(=O)O)CC1. The molecular weight excluding hydrogens is 386 g/mol.